The molecule has 1 atom stereocenters. The van der Waals surface area contributed by atoms with E-state index in [2.05, 4.69) is 41.3 Å². The highest BCUT2D eigenvalue weighted by Crippen LogP contribution is 2.25. The highest BCUT2D eigenvalue weighted by Gasteiger charge is 1.98. The van der Waals surface area contributed by atoms with E-state index < -0.39 is 0 Å². The molecule has 12 heavy (non-hydrogen) atoms. The van der Waals surface area contributed by atoms with Gasteiger partial charge in [-0.2, -0.15) is 0 Å². The molecule has 0 fully saturated rings. The minimum absolute atomic E-state index is 1.08. The Morgan fingerprint density at radius 3 is 2.75 bits per heavy atom. The Balaban J connectivity index is 2.91. The van der Waals surface area contributed by atoms with Crippen molar-refractivity contribution in [1.29, 1.82) is 0 Å². The van der Waals surface area contributed by atoms with E-state index in [1.165, 1.54) is 16.0 Å². The zero-order chi connectivity index (χ0) is 8.97. The van der Waals surface area contributed by atoms with Crippen LogP contribution >= 0.6 is 21.0 Å². The first-order valence-corrected chi connectivity index (χ1v) is 6.00. The van der Waals surface area contributed by atoms with Gasteiger partial charge in [0, 0.05) is 10.4 Å². The second-order valence-electron chi connectivity index (χ2n) is 2.76. The fourth-order valence-electron chi connectivity index (χ4n) is 1.11. The van der Waals surface area contributed by atoms with Crippen LogP contribution in [0.5, 0.6) is 0 Å². The molecule has 0 aromatic heterocycles. The minimum atomic E-state index is 1.08. The number of hydrogen-bond donors (Lipinski definition) is 0. The molecule has 0 bridgehead atoms. The number of thioether (sulfide) groups is 1. The van der Waals surface area contributed by atoms with Gasteiger partial charge in [-0.3, -0.25) is 0 Å². The molecule has 0 saturated heterocycles. The lowest BCUT2D eigenvalue weighted by Crippen LogP contribution is -1.84. The molecule has 0 nitrogen and oxygen atoms in total. The quantitative estimate of drug-likeness (QED) is 0.529. The topological polar surface area (TPSA) is 0 Å². The van der Waals surface area contributed by atoms with Gasteiger partial charge in [0.25, 0.3) is 0 Å². The predicted octanol–water partition coefficient (Wildman–Crippen LogP) is 3.48. The number of benzene rings is 1. The molecule has 1 aromatic rings. The zero-order valence-electron chi connectivity index (χ0n) is 7.63. The summed E-state index contributed by atoms with van der Waals surface area (Å²) in [6.07, 6.45) is 1.13. The van der Waals surface area contributed by atoms with Crippen LogP contribution in [0.4, 0.5) is 0 Å². The Labute approximate surface area is 81.3 Å². The van der Waals surface area contributed by atoms with Crippen molar-refractivity contribution in [2.75, 3.05) is 5.49 Å². The number of aryl methyl sites for hydroxylation is 2. The fourth-order valence-corrected chi connectivity index (χ4v) is 2.36. The summed E-state index contributed by atoms with van der Waals surface area (Å²) in [5.41, 5.74) is 3.90. The zero-order valence-corrected chi connectivity index (χ0v) is 9.60. The van der Waals surface area contributed by atoms with E-state index in [4.69, 9.17) is 0 Å². The van der Waals surface area contributed by atoms with Gasteiger partial charge in [-0.15, -0.1) is 21.0 Å². The van der Waals surface area contributed by atoms with E-state index in [1.54, 1.807) is 0 Å². The molecule has 0 aliphatic rings. The van der Waals surface area contributed by atoms with Gasteiger partial charge in [-0.1, -0.05) is 19.1 Å². The summed E-state index contributed by atoms with van der Waals surface area (Å²) in [6.45, 7) is 4.36. The summed E-state index contributed by atoms with van der Waals surface area (Å²) in [4.78, 5) is 1.42. The van der Waals surface area contributed by atoms with E-state index in [1.807, 2.05) is 11.8 Å². The molecule has 0 aliphatic heterocycles. The molecule has 1 unspecified atom stereocenters. The van der Waals surface area contributed by atoms with Crippen LogP contribution in [0.15, 0.2) is 23.1 Å². The molecule has 0 spiro atoms. The van der Waals surface area contributed by atoms with Crippen LogP contribution in [0, 0.1) is 6.92 Å². The van der Waals surface area contributed by atoms with Crippen molar-refractivity contribution in [3.8, 4) is 0 Å². The van der Waals surface area contributed by atoms with Gasteiger partial charge >= 0.3 is 0 Å². The Bertz CT molecular complexity index is 258. The molecule has 66 valence electrons. The standard InChI is InChI=1S/C10H15PS/c1-3-9-5-4-8(2)10(6-9)12-7-11/h4-6H,3,7,11H2,1-2H3. The van der Waals surface area contributed by atoms with Crippen molar-refractivity contribution < 1.29 is 0 Å². The smallest absolute Gasteiger partial charge is 0.0126 e. The SMILES string of the molecule is CCc1ccc(C)c(SCP)c1. The van der Waals surface area contributed by atoms with E-state index >= 15 is 0 Å². The largest absolute Gasteiger partial charge is 0.127 e. The summed E-state index contributed by atoms with van der Waals surface area (Å²) in [5, 5.41) is 0. The highest BCUT2D eigenvalue weighted by molar-refractivity contribution is 8.02. The van der Waals surface area contributed by atoms with Crippen molar-refractivity contribution >= 4 is 21.0 Å². The van der Waals surface area contributed by atoms with Gasteiger partial charge in [0.05, 0.1) is 0 Å². The lowest BCUT2D eigenvalue weighted by molar-refractivity contribution is 1.11. The second-order valence-corrected chi connectivity index (χ2v) is 4.83. The van der Waals surface area contributed by atoms with Crippen LogP contribution in [0.1, 0.15) is 18.1 Å². The van der Waals surface area contributed by atoms with Crippen LogP contribution in [0.2, 0.25) is 0 Å². The van der Waals surface area contributed by atoms with Gasteiger partial charge in [-0.05, 0) is 30.5 Å². The monoisotopic (exact) mass is 198 g/mol. The van der Waals surface area contributed by atoms with Crippen molar-refractivity contribution in [1.82, 2.24) is 0 Å². The maximum Gasteiger partial charge on any atom is 0.0126 e. The van der Waals surface area contributed by atoms with Gasteiger partial charge < -0.3 is 0 Å². The van der Waals surface area contributed by atoms with Crippen LogP contribution in [-0.2, 0) is 6.42 Å². The maximum atomic E-state index is 2.74. The first kappa shape index (κ1) is 10.1. The summed E-state index contributed by atoms with van der Waals surface area (Å²) in [7, 11) is 2.74. The summed E-state index contributed by atoms with van der Waals surface area (Å²) >= 11 is 1.89. The van der Waals surface area contributed by atoms with E-state index in [-0.39, 0.29) is 0 Å². The minimum Gasteiger partial charge on any atom is -0.127 e. The lowest BCUT2D eigenvalue weighted by Gasteiger charge is -2.05. The molecule has 1 aromatic carbocycles. The third-order valence-electron chi connectivity index (χ3n) is 1.90. The molecule has 0 saturated carbocycles. The average molecular weight is 198 g/mol. The van der Waals surface area contributed by atoms with E-state index in [0.717, 1.165) is 11.9 Å². The molecule has 0 heterocycles. The van der Waals surface area contributed by atoms with Gasteiger partial charge in [0.15, 0.2) is 0 Å². The predicted molar refractivity (Wildman–Crippen MR) is 61.0 cm³/mol. The van der Waals surface area contributed by atoms with Gasteiger partial charge in [0.2, 0.25) is 0 Å². The first-order chi connectivity index (χ1) is 5.77. The first-order valence-electron chi connectivity index (χ1n) is 4.20. The molecule has 0 radical (unpaired) electrons. The molecule has 0 amide bonds. The Hall–Kier alpha value is -0.0000000000000000555. The number of hydrogen-bond acceptors (Lipinski definition) is 1. The Morgan fingerprint density at radius 1 is 1.42 bits per heavy atom. The van der Waals surface area contributed by atoms with Gasteiger partial charge in [0.1, 0.15) is 0 Å². The van der Waals surface area contributed by atoms with Crippen molar-refractivity contribution in [2.45, 2.75) is 25.2 Å². The number of rotatable bonds is 3. The highest BCUT2D eigenvalue weighted by atomic mass is 32.2. The average Bonchev–Trinajstić information content (AvgIpc) is 2.09. The van der Waals surface area contributed by atoms with Crippen molar-refractivity contribution in [3.05, 3.63) is 29.3 Å². The fraction of sp³-hybridized carbons (Fsp3) is 0.400. The van der Waals surface area contributed by atoms with Gasteiger partial charge in [-0.25, -0.2) is 0 Å². The third kappa shape index (κ3) is 2.50. The van der Waals surface area contributed by atoms with Crippen molar-refractivity contribution in [3.63, 3.8) is 0 Å². The summed E-state index contributed by atoms with van der Waals surface area (Å²) in [6, 6.07) is 6.72. The lowest BCUT2D eigenvalue weighted by atomic mass is 10.1. The summed E-state index contributed by atoms with van der Waals surface area (Å²) in [5.74, 6) is 0. The normalized spacial score (nSPS) is 10.2. The second kappa shape index (κ2) is 4.89. The maximum absolute atomic E-state index is 2.74. The third-order valence-corrected chi connectivity index (χ3v) is 3.32. The Kier molecular flexibility index (Phi) is 4.11. The van der Waals surface area contributed by atoms with Crippen LogP contribution in [0.3, 0.4) is 0 Å². The van der Waals surface area contributed by atoms with E-state index in [0.29, 0.717) is 0 Å². The van der Waals surface area contributed by atoms with Crippen LogP contribution in [-0.4, -0.2) is 5.49 Å². The molecule has 2 heteroatoms. The molecule has 1 rings (SSSR count). The molecule has 0 aliphatic carbocycles. The van der Waals surface area contributed by atoms with Crippen molar-refractivity contribution in [2.24, 2.45) is 0 Å². The molecule has 0 N–H and O–H groups in total. The van der Waals surface area contributed by atoms with E-state index in [9.17, 15) is 0 Å². The molecular weight excluding hydrogens is 183 g/mol. The Morgan fingerprint density at radius 2 is 2.17 bits per heavy atom. The van der Waals surface area contributed by atoms with Crippen LogP contribution < -0.4 is 0 Å². The van der Waals surface area contributed by atoms with Crippen LogP contribution in [0.25, 0.3) is 0 Å². The summed E-state index contributed by atoms with van der Waals surface area (Å²) < 4.78 is 0. The molecular formula is C10H15PS.